The third kappa shape index (κ3) is 4.56. The third-order valence-electron chi connectivity index (χ3n) is 6.13. The van der Waals surface area contributed by atoms with Gasteiger partial charge in [0.2, 0.25) is 5.91 Å². The molecule has 2 amide bonds. The molecule has 0 bridgehead atoms. The fourth-order valence-corrected chi connectivity index (χ4v) is 4.17. The summed E-state index contributed by atoms with van der Waals surface area (Å²) in [4.78, 5) is 30.1. The van der Waals surface area contributed by atoms with E-state index in [0.717, 1.165) is 19.6 Å². The van der Waals surface area contributed by atoms with E-state index in [0.29, 0.717) is 34.8 Å². The summed E-state index contributed by atoms with van der Waals surface area (Å²) in [6.45, 7) is 10.4. The Morgan fingerprint density at radius 1 is 1.10 bits per heavy atom. The topological polar surface area (TPSA) is 71.1 Å². The predicted octanol–water partition coefficient (Wildman–Crippen LogP) is 3.39. The maximum atomic E-state index is 13.1. The minimum atomic E-state index is -0.575. The molecule has 1 aromatic rings. The quantitative estimate of drug-likeness (QED) is 0.795. The molecule has 3 rings (SSSR count). The number of piperidine rings is 1. The van der Waals surface area contributed by atoms with Gasteiger partial charge in [-0.3, -0.25) is 14.5 Å². The van der Waals surface area contributed by atoms with E-state index >= 15 is 0 Å². The molecule has 166 valence electrons. The fourth-order valence-electron chi connectivity index (χ4n) is 4.17. The molecule has 7 nitrogen and oxygen atoms in total. The van der Waals surface area contributed by atoms with Gasteiger partial charge in [-0.2, -0.15) is 0 Å². The lowest BCUT2D eigenvalue weighted by Crippen LogP contribution is -2.63. The van der Waals surface area contributed by atoms with Gasteiger partial charge in [0.15, 0.2) is 11.5 Å². The largest absolute Gasteiger partial charge is 0.493 e. The number of amides is 2. The minimum absolute atomic E-state index is 0.0527. The van der Waals surface area contributed by atoms with E-state index in [2.05, 4.69) is 17.1 Å². The van der Waals surface area contributed by atoms with Crippen molar-refractivity contribution < 1.29 is 19.1 Å². The number of likely N-dealkylation sites (tertiary alicyclic amines) is 2. The lowest BCUT2D eigenvalue weighted by Gasteiger charge is -2.49. The molecule has 1 unspecified atom stereocenters. The van der Waals surface area contributed by atoms with Gasteiger partial charge >= 0.3 is 0 Å². The van der Waals surface area contributed by atoms with Crippen molar-refractivity contribution >= 4 is 17.5 Å². The van der Waals surface area contributed by atoms with E-state index < -0.39 is 5.41 Å². The van der Waals surface area contributed by atoms with E-state index in [-0.39, 0.29) is 11.8 Å². The van der Waals surface area contributed by atoms with Crippen molar-refractivity contribution in [2.45, 2.75) is 59.0 Å². The van der Waals surface area contributed by atoms with Gasteiger partial charge in [0.1, 0.15) is 0 Å². The number of carbonyl (C=O) groups excluding carboxylic acids is 2. The number of hydrogen-bond donors (Lipinski definition) is 1. The van der Waals surface area contributed by atoms with Gasteiger partial charge in [0, 0.05) is 36.2 Å². The van der Waals surface area contributed by atoms with Crippen LogP contribution >= 0.6 is 0 Å². The Morgan fingerprint density at radius 3 is 2.37 bits per heavy atom. The lowest BCUT2D eigenvalue weighted by atomic mass is 9.95. The zero-order chi connectivity index (χ0) is 22.1. The van der Waals surface area contributed by atoms with Crippen LogP contribution in [0.15, 0.2) is 12.1 Å². The number of hydrogen-bond acceptors (Lipinski definition) is 5. The monoisotopic (exact) mass is 417 g/mol. The van der Waals surface area contributed by atoms with Crippen molar-refractivity contribution in [3.8, 4) is 11.5 Å². The molecular formula is C23H35N3O4. The summed E-state index contributed by atoms with van der Waals surface area (Å²) in [7, 11) is 3.05. The van der Waals surface area contributed by atoms with E-state index in [4.69, 9.17) is 9.47 Å². The number of carbonyl (C=O) groups is 2. The van der Waals surface area contributed by atoms with Crippen LogP contribution in [0.5, 0.6) is 11.5 Å². The van der Waals surface area contributed by atoms with Crippen LogP contribution in [0.3, 0.4) is 0 Å². The van der Waals surface area contributed by atoms with E-state index in [1.807, 2.05) is 25.7 Å². The molecule has 1 aromatic carbocycles. The van der Waals surface area contributed by atoms with Crippen molar-refractivity contribution in [2.75, 3.05) is 39.2 Å². The Kier molecular flexibility index (Phi) is 6.60. The van der Waals surface area contributed by atoms with Crippen molar-refractivity contribution in [3.05, 3.63) is 17.7 Å². The first kappa shape index (κ1) is 22.4. The summed E-state index contributed by atoms with van der Waals surface area (Å²) in [5.74, 6) is 0.628. The molecule has 0 radical (unpaired) electrons. The highest BCUT2D eigenvalue weighted by atomic mass is 16.5. The number of methoxy groups -OCH3 is 2. The number of benzene rings is 1. The number of nitrogens with one attached hydrogen (secondary N) is 1. The molecule has 0 spiro atoms. The molecule has 2 aliphatic heterocycles. The van der Waals surface area contributed by atoms with Gasteiger partial charge in [-0.25, -0.2) is 0 Å². The Morgan fingerprint density at radius 2 is 1.80 bits per heavy atom. The molecule has 2 saturated heterocycles. The summed E-state index contributed by atoms with van der Waals surface area (Å²) in [5.41, 5.74) is 0.359. The van der Waals surface area contributed by atoms with Gasteiger partial charge in [-0.05, 0) is 38.4 Å². The van der Waals surface area contributed by atoms with Crippen LogP contribution in [0.25, 0.3) is 0 Å². The molecule has 1 N–H and O–H groups in total. The van der Waals surface area contributed by atoms with E-state index in [9.17, 15) is 9.59 Å². The first-order valence-corrected chi connectivity index (χ1v) is 10.8. The molecule has 0 saturated carbocycles. The van der Waals surface area contributed by atoms with Crippen LogP contribution in [0.4, 0.5) is 5.69 Å². The highest BCUT2D eigenvalue weighted by Crippen LogP contribution is 2.38. The van der Waals surface area contributed by atoms with Crippen molar-refractivity contribution in [1.82, 2.24) is 9.80 Å². The molecule has 2 aliphatic rings. The molecule has 1 atom stereocenters. The zero-order valence-electron chi connectivity index (χ0n) is 19.1. The van der Waals surface area contributed by atoms with Crippen molar-refractivity contribution in [1.29, 1.82) is 0 Å². The smallest absolute Gasteiger partial charge is 0.254 e. The molecule has 7 heteroatoms. The molecular weight excluding hydrogens is 382 g/mol. The molecule has 30 heavy (non-hydrogen) atoms. The number of anilines is 1. The number of nitrogens with zero attached hydrogens (tertiary/aromatic N) is 2. The first-order chi connectivity index (χ1) is 14.2. The van der Waals surface area contributed by atoms with Crippen LogP contribution in [0, 0.1) is 5.41 Å². The highest BCUT2D eigenvalue weighted by Gasteiger charge is 2.38. The third-order valence-corrected chi connectivity index (χ3v) is 6.13. The van der Waals surface area contributed by atoms with Gasteiger partial charge in [-0.15, -0.1) is 0 Å². The summed E-state index contributed by atoms with van der Waals surface area (Å²) in [5, 5.41) is 2.89. The number of ether oxygens (including phenoxy) is 2. The molecule has 0 aromatic heterocycles. The van der Waals surface area contributed by atoms with Crippen molar-refractivity contribution in [3.63, 3.8) is 0 Å². The van der Waals surface area contributed by atoms with E-state index in [1.54, 1.807) is 12.1 Å². The second-order valence-electron chi connectivity index (χ2n) is 9.41. The van der Waals surface area contributed by atoms with Crippen LogP contribution in [0.2, 0.25) is 0 Å². The first-order valence-electron chi connectivity index (χ1n) is 10.8. The minimum Gasteiger partial charge on any atom is -0.493 e. The zero-order valence-corrected chi connectivity index (χ0v) is 19.1. The maximum Gasteiger partial charge on any atom is 0.254 e. The maximum absolute atomic E-state index is 13.1. The Balaban J connectivity index is 1.77. The average Bonchev–Trinajstić information content (AvgIpc) is 2.66. The lowest BCUT2D eigenvalue weighted by molar-refractivity contribution is -0.123. The summed E-state index contributed by atoms with van der Waals surface area (Å²) >= 11 is 0. The van der Waals surface area contributed by atoms with Crippen LogP contribution in [-0.2, 0) is 4.79 Å². The highest BCUT2D eigenvalue weighted by molar-refractivity contribution is 6.01. The van der Waals surface area contributed by atoms with Crippen LogP contribution in [-0.4, -0.2) is 67.6 Å². The Bertz CT molecular complexity index is 796. The van der Waals surface area contributed by atoms with Crippen LogP contribution < -0.4 is 14.8 Å². The number of rotatable bonds is 5. The predicted molar refractivity (Wildman–Crippen MR) is 117 cm³/mol. The van der Waals surface area contributed by atoms with E-state index in [1.165, 1.54) is 33.5 Å². The second-order valence-corrected chi connectivity index (χ2v) is 9.41. The summed E-state index contributed by atoms with van der Waals surface area (Å²) in [6.07, 6.45) is 3.76. The second kappa shape index (κ2) is 8.84. The average molecular weight is 418 g/mol. The Hall–Kier alpha value is -2.28. The van der Waals surface area contributed by atoms with Gasteiger partial charge < -0.3 is 19.7 Å². The summed E-state index contributed by atoms with van der Waals surface area (Å²) in [6, 6.07) is 4.39. The summed E-state index contributed by atoms with van der Waals surface area (Å²) < 4.78 is 10.9. The molecule has 0 aliphatic carbocycles. The SMILES string of the molecule is COc1cc(C(=O)N2CC(N3CCCCC3C)C2)cc(NC(=O)C(C)(C)C)c1OC. The van der Waals surface area contributed by atoms with Crippen molar-refractivity contribution in [2.24, 2.45) is 5.41 Å². The van der Waals surface area contributed by atoms with Gasteiger partial charge in [-0.1, -0.05) is 27.2 Å². The Labute approximate surface area is 179 Å². The normalized spacial score (nSPS) is 20.5. The standard InChI is InChI=1S/C23H35N3O4/c1-15-9-7-8-10-26(15)17-13-25(14-17)21(27)16-11-18(24-22(28)23(2,3)4)20(30-6)19(12-16)29-5/h11-12,15,17H,7-10,13-14H2,1-6H3,(H,24,28). The van der Waals surface area contributed by atoms with Gasteiger partial charge in [0.05, 0.1) is 19.9 Å². The molecule has 2 fully saturated rings. The van der Waals surface area contributed by atoms with Crippen LogP contribution in [0.1, 0.15) is 57.3 Å². The molecule has 2 heterocycles. The van der Waals surface area contributed by atoms with Gasteiger partial charge in [0.25, 0.3) is 5.91 Å². The fraction of sp³-hybridized carbons (Fsp3) is 0.652.